The van der Waals surface area contributed by atoms with Crippen molar-refractivity contribution in [3.8, 4) is 0 Å². The molecule has 0 aliphatic carbocycles. The van der Waals surface area contributed by atoms with E-state index < -0.39 is 23.5 Å². The van der Waals surface area contributed by atoms with E-state index in [4.69, 9.17) is 8.83 Å². The number of aryl methyl sites for hydroxylation is 4. The van der Waals surface area contributed by atoms with E-state index in [0.717, 1.165) is 27.7 Å². The summed E-state index contributed by atoms with van der Waals surface area (Å²) in [4.78, 5) is 36.6. The second-order valence-corrected chi connectivity index (χ2v) is 7.96. The van der Waals surface area contributed by atoms with Crippen molar-refractivity contribution in [3.63, 3.8) is 0 Å². The summed E-state index contributed by atoms with van der Waals surface area (Å²) < 4.78 is 11.4. The van der Waals surface area contributed by atoms with Gasteiger partial charge >= 0.3 is 5.63 Å². The van der Waals surface area contributed by atoms with Gasteiger partial charge in [0.2, 0.25) is 5.91 Å². The number of aliphatic carboxylic acids is 1. The molecule has 7 nitrogen and oxygen atoms in total. The molecule has 2 aromatic heterocycles. The molecular weight excluding hydrogens is 386 g/mol. The van der Waals surface area contributed by atoms with Crippen LogP contribution >= 0.6 is 0 Å². The molecule has 2 heterocycles. The lowest BCUT2D eigenvalue weighted by atomic mass is 9.97. The summed E-state index contributed by atoms with van der Waals surface area (Å²) in [6, 6.07) is 0.792. The van der Waals surface area contributed by atoms with Crippen LogP contribution in [0.15, 0.2) is 19.7 Å². The molecule has 1 N–H and O–H groups in total. The quantitative estimate of drug-likeness (QED) is 0.623. The van der Waals surface area contributed by atoms with Gasteiger partial charge in [-0.25, -0.2) is 4.79 Å². The second-order valence-electron chi connectivity index (χ2n) is 7.96. The Morgan fingerprint density at radius 3 is 2.23 bits per heavy atom. The molecule has 2 atom stereocenters. The van der Waals surface area contributed by atoms with Crippen molar-refractivity contribution in [2.45, 2.75) is 60.4 Å². The number of fused-ring (bicyclic) bond motifs is 2. The number of carbonyl (C=O) groups excluding carboxylic acids is 2. The zero-order valence-electron chi connectivity index (χ0n) is 18.1. The standard InChI is InChI=1S/C23H27NO6/c1-7-10(2)19(22(26)27)24-18(25)9-17-12(4)16-8-15-11(3)14(6)29-20(15)13(5)21(16)30-23(17)28/h8,10,19H,7,9H2,1-6H3,(H,24,25)(H,26,27)/p-1/t10-,19+/m1/s1. The molecule has 0 spiro atoms. The maximum Gasteiger partial charge on any atom is 0.340 e. The van der Waals surface area contributed by atoms with E-state index in [1.54, 1.807) is 13.8 Å². The Balaban J connectivity index is 2.05. The van der Waals surface area contributed by atoms with Crippen molar-refractivity contribution in [1.29, 1.82) is 0 Å². The number of hydrogen-bond donors (Lipinski definition) is 1. The fourth-order valence-electron chi connectivity index (χ4n) is 3.75. The van der Waals surface area contributed by atoms with Gasteiger partial charge in [0, 0.05) is 16.3 Å². The number of carbonyl (C=O) groups is 2. The number of hydrogen-bond acceptors (Lipinski definition) is 6. The predicted octanol–water partition coefficient (Wildman–Crippen LogP) is 2.60. The van der Waals surface area contributed by atoms with Crippen molar-refractivity contribution in [2.75, 3.05) is 0 Å². The third kappa shape index (κ3) is 3.60. The highest BCUT2D eigenvalue weighted by molar-refractivity contribution is 6.00. The minimum atomic E-state index is -1.34. The Labute approximate surface area is 174 Å². The van der Waals surface area contributed by atoms with Gasteiger partial charge in [0.05, 0.1) is 24.0 Å². The van der Waals surface area contributed by atoms with E-state index in [1.165, 1.54) is 0 Å². The molecule has 1 amide bonds. The van der Waals surface area contributed by atoms with Gasteiger partial charge < -0.3 is 24.1 Å². The monoisotopic (exact) mass is 412 g/mol. The van der Waals surface area contributed by atoms with Crippen molar-refractivity contribution in [3.05, 3.63) is 44.5 Å². The summed E-state index contributed by atoms with van der Waals surface area (Å²) in [5.41, 5.74) is 3.05. The molecule has 0 saturated carbocycles. The first-order valence-corrected chi connectivity index (χ1v) is 10.0. The number of carboxylic acid groups (broad SMARTS) is 1. The number of furan rings is 1. The van der Waals surface area contributed by atoms with Crippen LogP contribution in [0.3, 0.4) is 0 Å². The van der Waals surface area contributed by atoms with Crippen LogP contribution in [0.25, 0.3) is 21.9 Å². The average Bonchev–Trinajstić information content (AvgIpc) is 2.98. The molecule has 30 heavy (non-hydrogen) atoms. The highest BCUT2D eigenvalue weighted by Gasteiger charge is 2.23. The van der Waals surface area contributed by atoms with Crippen LogP contribution in [0.1, 0.15) is 48.3 Å². The van der Waals surface area contributed by atoms with Crippen LogP contribution in [0.2, 0.25) is 0 Å². The summed E-state index contributed by atoms with van der Waals surface area (Å²) in [6.45, 7) is 11.0. The first kappa shape index (κ1) is 21.6. The fourth-order valence-corrected chi connectivity index (χ4v) is 3.75. The van der Waals surface area contributed by atoms with Gasteiger partial charge in [-0.2, -0.15) is 0 Å². The Hall–Kier alpha value is -3.09. The van der Waals surface area contributed by atoms with E-state index in [9.17, 15) is 19.5 Å². The van der Waals surface area contributed by atoms with Gasteiger partial charge in [0.1, 0.15) is 16.9 Å². The molecular formula is C23H26NO6-. The lowest BCUT2D eigenvalue weighted by molar-refractivity contribution is -0.309. The predicted molar refractivity (Wildman–Crippen MR) is 111 cm³/mol. The number of carboxylic acids is 1. The summed E-state index contributed by atoms with van der Waals surface area (Å²) in [7, 11) is 0. The van der Waals surface area contributed by atoms with Crippen LogP contribution in [-0.4, -0.2) is 17.9 Å². The van der Waals surface area contributed by atoms with E-state index in [2.05, 4.69) is 5.32 Å². The van der Waals surface area contributed by atoms with Gasteiger partial charge in [-0.3, -0.25) is 4.79 Å². The van der Waals surface area contributed by atoms with Crippen molar-refractivity contribution < 1.29 is 23.5 Å². The number of amides is 1. The minimum Gasteiger partial charge on any atom is -0.548 e. The first-order chi connectivity index (χ1) is 14.1. The third-order valence-electron chi connectivity index (χ3n) is 6.06. The molecule has 0 fully saturated rings. The van der Waals surface area contributed by atoms with E-state index in [0.29, 0.717) is 23.2 Å². The number of benzene rings is 1. The zero-order chi connectivity index (χ0) is 22.3. The van der Waals surface area contributed by atoms with E-state index >= 15 is 0 Å². The second kappa shape index (κ2) is 7.97. The van der Waals surface area contributed by atoms with Crippen molar-refractivity contribution in [1.82, 2.24) is 5.32 Å². The molecule has 0 saturated heterocycles. The molecule has 0 bridgehead atoms. The largest absolute Gasteiger partial charge is 0.548 e. The molecule has 1 aromatic carbocycles. The minimum absolute atomic E-state index is 0.206. The lowest BCUT2D eigenvalue weighted by Gasteiger charge is -2.25. The zero-order valence-corrected chi connectivity index (χ0v) is 18.1. The third-order valence-corrected chi connectivity index (χ3v) is 6.06. The molecule has 7 heteroatoms. The molecule has 0 aliphatic heterocycles. The molecule has 0 unspecified atom stereocenters. The Morgan fingerprint density at radius 1 is 1.03 bits per heavy atom. The van der Waals surface area contributed by atoms with E-state index in [-0.39, 0.29) is 17.9 Å². The maximum atomic E-state index is 12.7. The topological polar surface area (TPSA) is 113 Å². The van der Waals surface area contributed by atoms with E-state index in [1.807, 2.05) is 33.8 Å². The lowest BCUT2D eigenvalue weighted by Crippen LogP contribution is -2.51. The highest BCUT2D eigenvalue weighted by Crippen LogP contribution is 2.34. The van der Waals surface area contributed by atoms with Crippen LogP contribution in [-0.2, 0) is 16.0 Å². The maximum absolute atomic E-state index is 12.7. The molecule has 3 rings (SSSR count). The van der Waals surface area contributed by atoms with Gasteiger partial charge in [0.15, 0.2) is 0 Å². The smallest absolute Gasteiger partial charge is 0.340 e. The van der Waals surface area contributed by atoms with Gasteiger partial charge in [0.25, 0.3) is 0 Å². The van der Waals surface area contributed by atoms with Gasteiger partial charge in [-0.15, -0.1) is 0 Å². The summed E-state index contributed by atoms with van der Waals surface area (Å²) in [5.74, 6) is -1.41. The van der Waals surface area contributed by atoms with Gasteiger partial charge in [-0.05, 0) is 50.8 Å². The number of nitrogens with one attached hydrogen (secondary N) is 1. The highest BCUT2D eigenvalue weighted by atomic mass is 16.4. The Bertz CT molecular complexity index is 1220. The molecule has 3 aromatic rings. The summed E-state index contributed by atoms with van der Waals surface area (Å²) in [5, 5.41) is 15.5. The van der Waals surface area contributed by atoms with Crippen LogP contribution in [0, 0.1) is 33.6 Å². The average molecular weight is 412 g/mol. The SMILES string of the molecule is CC[C@@H](C)[C@H](NC(=O)Cc1c(C)c2cc3c(C)c(C)oc3c(C)c2oc1=O)C(=O)[O-]. The molecule has 0 aliphatic rings. The Kier molecular flexibility index (Phi) is 5.74. The van der Waals surface area contributed by atoms with Crippen molar-refractivity contribution in [2.24, 2.45) is 5.92 Å². The van der Waals surface area contributed by atoms with Crippen LogP contribution in [0.4, 0.5) is 0 Å². The normalized spacial score (nSPS) is 13.5. The van der Waals surface area contributed by atoms with Gasteiger partial charge in [-0.1, -0.05) is 20.3 Å². The fraction of sp³-hybridized carbons (Fsp3) is 0.435. The summed E-state index contributed by atoms with van der Waals surface area (Å²) in [6.07, 6.45) is 0.291. The van der Waals surface area contributed by atoms with Crippen LogP contribution in [0.5, 0.6) is 0 Å². The molecule has 0 radical (unpaired) electrons. The van der Waals surface area contributed by atoms with Crippen LogP contribution < -0.4 is 16.0 Å². The number of rotatable bonds is 6. The summed E-state index contributed by atoms with van der Waals surface area (Å²) >= 11 is 0. The van der Waals surface area contributed by atoms with Crippen molar-refractivity contribution >= 4 is 33.8 Å². The molecule has 160 valence electrons. The Morgan fingerprint density at radius 2 is 1.63 bits per heavy atom. The first-order valence-electron chi connectivity index (χ1n) is 10.0.